The molecular formula is C12H17BrN2. The maximum atomic E-state index is 4.06. The summed E-state index contributed by atoms with van der Waals surface area (Å²) < 4.78 is 1.05. The van der Waals surface area contributed by atoms with Crippen molar-refractivity contribution in [1.82, 2.24) is 4.98 Å². The highest BCUT2D eigenvalue weighted by atomic mass is 79.9. The molecule has 82 valence electrons. The van der Waals surface area contributed by atoms with Crippen LogP contribution in [0.3, 0.4) is 0 Å². The Morgan fingerprint density at radius 3 is 2.87 bits per heavy atom. The second-order valence-electron chi connectivity index (χ2n) is 4.33. The summed E-state index contributed by atoms with van der Waals surface area (Å²) in [6.45, 7) is 2.28. The van der Waals surface area contributed by atoms with Crippen molar-refractivity contribution in [3.63, 3.8) is 0 Å². The normalized spacial score (nSPS) is 19.1. The summed E-state index contributed by atoms with van der Waals surface area (Å²) in [6.07, 6.45) is 9.20. The minimum atomic E-state index is 0.561. The Bertz CT molecular complexity index is 321. The second kappa shape index (κ2) is 4.97. The lowest BCUT2D eigenvalue weighted by Gasteiger charge is -2.22. The molecule has 3 heteroatoms. The summed E-state index contributed by atoms with van der Waals surface area (Å²) >= 11 is 3.51. The number of nitrogens with one attached hydrogen (secondary N) is 1. The Kier molecular flexibility index (Phi) is 3.62. The van der Waals surface area contributed by atoms with Gasteiger partial charge >= 0.3 is 0 Å². The van der Waals surface area contributed by atoms with E-state index in [1.165, 1.54) is 25.7 Å². The van der Waals surface area contributed by atoms with E-state index in [-0.39, 0.29) is 0 Å². The van der Waals surface area contributed by atoms with Crippen molar-refractivity contribution in [3.05, 3.63) is 22.9 Å². The van der Waals surface area contributed by atoms with E-state index in [2.05, 4.69) is 33.2 Å². The number of anilines is 1. The van der Waals surface area contributed by atoms with Gasteiger partial charge in [0.25, 0.3) is 0 Å². The maximum Gasteiger partial charge on any atom is 0.0590 e. The van der Waals surface area contributed by atoms with Gasteiger partial charge in [0.15, 0.2) is 0 Å². The molecule has 1 saturated carbocycles. The highest BCUT2D eigenvalue weighted by Gasteiger charge is 2.21. The van der Waals surface area contributed by atoms with Crippen molar-refractivity contribution in [1.29, 1.82) is 0 Å². The van der Waals surface area contributed by atoms with Gasteiger partial charge in [-0.2, -0.15) is 0 Å². The molecule has 1 fully saturated rings. The van der Waals surface area contributed by atoms with E-state index in [9.17, 15) is 0 Å². The maximum absolute atomic E-state index is 4.06. The zero-order valence-corrected chi connectivity index (χ0v) is 10.6. The summed E-state index contributed by atoms with van der Waals surface area (Å²) in [5.41, 5.74) is 1.16. The molecular weight excluding hydrogens is 252 g/mol. The fourth-order valence-electron chi connectivity index (χ4n) is 2.31. The van der Waals surface area contributed by atoms with Crippen LogP contribution in [0.25, 0.3) is 0 Å². The van der Waals surface area contributed by atoms with E-state index >= 15 is 0 Å². The van der Waals surface area contributed by atoms with Crippen molar-refractivity contribution in [2.24, 2.45) is 5.92 Å². The van der Waals surface area contributed by atoms with Gasteiger partial charge in [-0.15, -0.1) is 0 Å². The molecule has 0 bridgehead atoms. The van der Waals surface area contributed by atoms with Gasteiger partial charge in [-0.05, 0) is 47.7 Å². The molecule has 1 N–H and O–H groups in total. The molecule has 1 aromatic rings. The Balaban J connectivity index is 1.99. The summed E-state index contributed by atoms with van der Waals surface area (Å²) in [5, 5.41) is 3.57. The van der Waals surface area contributed by atoms with Crippen molar-refractivity contribution in [2.45, 2.75) is 38.6 Å². The van der Waals surface area contributed by atoms with Crippen molar-refractivity contribution < 1.29 is 0 Å². The van der Waals surface area contributed by atoms with Crippen molar-refractivity contribution in [2.75, 3.05) is 5.32 Å². The molecule has 1 heterocycles. The molecule has 2 rings (SSSR count). The summed E-state index contributed by atoms with van der Waals surface area (Å²) in [6, 6.07) is 2.58. The molecule has 1 unspecified atom stereocenters. The zero-order valence-electron chi connectivity index (χ0n) is 9.04. The molecule has 1 atom stereocenters. The zero-order chi connectivity index (χ0) is 10.7. The molecule has 0 saturated heterocycles. The third-order valence-corrected chi connectivity index (χ3v) is 3.89. The fourth-order valence-corrected chi connectivity index (χ4v) is 2.68. The van der Waals surface area contributed by atoms with Crippen LogP contribution in [0.15, 0.2) is 22.9 Å². The van der Waals surface area contributed by atoms with Gasteiger partial charge in [-0.3, -0.25) is 4.98 Å². The summed E-state index contributed by atoms with van der Waals surface area (Å²) in [5.74, 6) is 0.838. The first-order valence-corrected chi connectivity index (χ1v) is 6.42. The Labute approximate surface area is 99.6 Å². The van der Waals surface area contributed by atoms with Crippen molar-refractivity contribution >= 4 is 21.6 Å². The number of aromatic nitrogens is 1. The predicted molar refractivity (Wildman–Crippen MR) is 67.0 cm³/mol. The van der Waals surface area contributed by atoms with Gasteiger partial charge in [0.05, 0.1) is 10.2 Å². The topological polar surface area (TPSA) is 24.9 Å². The molecule has 0 aliphatic heterocycles. The first kappa shape index (κ1) is 10.9. The minimum absolute atomic E-state index is 0.561. The molecule has 2 nitrogen and oxygen atoms in total. The molecule has 0 radical (unpaired) electrons. The Morgan fingerprint density at radius 2 is 2.20 bits per heavy atom. The van der Waals surface area contributed by atoms with Gasteiger partial charge in [0.1, 0.15) is 0 Å². The minimum Gasteiger partial charge on any atom is -0.381 e. The smallest absolute Gasteiger partial charge is 0.0590 e. The highest BCUT2D eigenvalue weighted by molar-refractivity contribution is 9.10. The standard InChI is InChI=1S/C12H17BrN2/c1-9(10-4-2-3-5-10)15-12-6-7-14-8-11(12)13/h6-10H,2-5H2,1H3,(H,14,15). The lowest BCUT2D eigenvalue weighted by atomic mass is 10.00. The lowest BCUT2D eigenvalue weighted by molar-refractivity contribution is 0.482. The second-order valence-corrected chi connectivity index (χ2v) is 5.19. The van der Waals surface area contributed by atoms with Gasteiger partial charge in [0, 0.05) is 18.4 Å². The van der Waals surface area contributed by atoms with Crippen molar-refractivity contribution in [3.8, 4) is 0 Å². The first-order valence-electron chi connectivity index (χ1n) is 5.63. The third kappa shape index (κ3) is 2.71. The molecule has 15 heavy (non-hydrogen) atoms. The number of hydrogen-bond donors (Lipinski definition) is 1. The van der Waals surface area contributed by atoms with Crippen LogP contribution in [0, 0.1) is 5.92 Å². The third-order valence-electron chi connectivity index (χ3n) is 3.26. The van der Waals surface area contributed by atoms with Crippen LogP contribution >= 0.6 is 15.9 Å². The van der Waals surface area contributed by atoms with Crippen LogP contribution < -0.4 is 5.32 Å². The number of hydrogen-bond acceptors (Lipinski definition) is 2. The van der Waals surface area contributed by atoms with E-state index in [0.29, 0.717) is 6.04 Å². The SMILES string of the molecule is CC(Nc1ccncc1Br)C1CCCC1. The lowest BCUT2D eigenvalue weighted by Crippen LogP contribution is -2.23. The average molecular weight is 269 g/mol. The number of nitrogens with zero attached hydrogens (tertiary/aromatic N) is 1. The van der Waals surface area contributed by atoms with Crippen LogP contribution in [0.2, 0.25) is 0 Å². The van der Waals surface area contributed by atoms with E-state index < -0.39 is 0 Å². The highest BCUT2D eigenvalue weighted by Crippen LogP contribution is 2.30. The van der Waals surface area contributed by atoms with E-state index in [1.807, 2.05) is 18.5 Å². The average Bonchev–Trinajstić information content (AvgIpc) is 2.74. The molecule has 0 spiro atoms. The van der Waals surface area contributed by atoms with Gasteiger partial charge < -0.3 is 5.32 Å². The first-order chi connectivity index (χ1) is 7.27. The van der Waals surface area contributed by atoms with E-state index in [1.54, 1.807) is 0 Å². The van der Waals surface area contributed by atoms with Crippen LogP contribution in [-0.4, -0.2) is 11.0 Å². The van der Waals surface area contributed by atoms with Crippen LogP contribution in [-0.2, 0) is 0 Å². The van der Waals surface area contributed by atoms with Crippen LogP contribution in [0.5, 0.6) is 0 Å². The summed E-state index contributed by atoms with van der Waals surface area (Å²) in [7, 11) is 0. The van der Waals surface area contributed by atoms with Gasteiger partial charge in [0.2, 0.25) is 0 Å². The Morgan fingerprint density at radius 1 is 1.47 bits per heavy atom. The summed E-state index contributed by atoms with van der Waals surface area (Å²) in [4.78, 5) is 4.06. The molecule has 1 aliphatic rings. The molecule has 0 amide bonds. The Hall–Kier alpha value is -0.570. The molecule has 0 aromatic carbocycles. The largest absolute Gasteiger partial charge is 0.381 e. The van der Waals surface area contributed by atoms with Gasteiger partial charge in [-0.1, -0.05) is 12.8 Å². The quantitative estimate of drug-likeness (QED) is 0.901. The number of pyridine rings is 1. The van der Waals surface area contributed by atoms with Crippen LogP contribution in [0.4, 0.5) is 5.69 Å². The van der Waals surface area contributed by atoms with Gasteiger partial charge in [-0.25, -0.2) is 0 Å². The predicted octanol–water partition coefficient (Wildman–Crippen LogP) is 3.83. The van der Waals surface area contributed by atoms with Crippen LogP contribution in [0.1, 0.15) is 32.6 Å². The fraction of sp³-hybridized carbons (Fsp3) is 0.583. The molecule has 1 aliphatic carbocycles. The number of halogens is 1. The van der Waals surface area contributed by atoms with E-state index in [0.717, 1.165) is 16.1 Å². The monoisotopic (exact) mass is 268 g/mol. The van der Waals surface area contributed by atoms with E-state index in [4.69, 9.17) is 0 Å². The molecule has 1 aromatic heterocycles. The number of rotatable bonds is 3.